The third-order valence-corrected chi connectivity index (χ3v) is 3.21. The Morgan fingerprint density at radius 3 is 2.62 bits per heavy atom. The number of rotatable bonds is 4. The van der Waals surface area contributed by atoms with Gasteiger partial charge in [-0.3, -0.25) is 0 Å². The first-order chi connectivity index (χ1) is 7.79. The molecular formula is C12H15N3S. The number of hydrogen-bond acceptors (Lipinski definition) is 4. The van der Waals surface area contributed by atoms with Crippen molar-refractivity contribution in [2.24, 2.45) is 0 Å². The second-order valence-corrected chi connectivity index (χ2v) is 4.51. The summed E-state index contributed by atoms with van der Waals surface area (Å²) < 4.78 is 0. The zero-order valence-corrected chi connectivity index (χ0v) is 10.1. The van der Waals surface area contributed by atoms with Gasteiger partial charge in [0, 0.05) is 29.5 Å². The highest BCUT2D eigenvalue weighted by Gasteiger charge is 2.06. The summed E-state index contributed by atoms with van der Waals surface area (Å²) >= 11 is 1.69. The van der Waals surface area contributed by atoms with Crippen molar-refractivity contribution >= 4 is 22.7 Å². The van der Waals surface area contributed by atoms with E-state index in [0.29, 0.717) is 0 Å². The van der Waals surface area contributed by atoms with E-state index in [4.69, 9.17) is 5.73 Å². The number of thiazole rings is 1. The first-order valence-electron chi connectivity index (χ1n) is 5.28. The van der Waals surface area contributed by atoms with Gasteiger partial charge in [0.15, 0.2) is 0 Å². The summed E-state index contributed by atoms with van der Waals surface area (Å²) in [4.78, 5) is 6.58. The number of anilines is 2. The highest BCUT2D eigenvalue weighted by Crippen LogP contribution is 2.19. The highest BCUT2D eigenvalue weighted by molar-refractivity contribution is 7.09. The SMILES string of the molecule is CCN(Cc1nccs1)c1ccc(N)cc1. The fourth-order valence-corrected chi connectivity index (χ4v) is 2.20. The second kappa shape index (κ2) is 4.99. The number of nitrogen functional groups attached to an aromatic ring is 1. The molecule has 0 spiro atoms. The monoisotopic (exact) mass is 233 g/mol. The maximum absolute atomic E-state index is 5.68. The molecule has 84 valence electrons. The Kier molecular flexibility index (Phi) is 3.41. The van der Waals surface area contributed by atoms with Crippen LogP contribution in [0.25, 0.3) is 0 Å². The molecular weight excluding hydrogens is 218 g/mol. The number of hydrogen-bond donors (Lipinski definition) is 1. The number of aromatic nitrogens is 1. The summed E-state index contributed by atoms with van der Waals surface area (Å²) in [6, 6.07) is 7.96. The molecule has 1 heterocycles. The van der Waals surface area contributed by atoms with Crippen molar-refractivity contribution in [2.45, 2.75) is 13.5 Å². The zero-order valence-electron chi connectivity index (χ0n) is 9.26. The van der Waals surface area contributed by atoms with Crippen LogP contribution in [0.15, 0.2) is 35.8 Å². The second-order valence-electron chi connectivity index (χ2n) is 3.53. The molecule has 2 aromatic rings. The minimum atomic E-state index is 0.800. The van der Waals surface area contributed by atoms with Crippen molar-refractivity contribution in [3.63, 3.8) is 0 Å². The lowest BCUT2D eigenvalue weighted by molar-refractivity contribution is 0.825. The van der Waals surface area contributed by atoms with Crippen molar-refractivity contribution in [2.75, 3.05) is 17.2 Å². The van der Waals surface area contributed by atoms with E-state index < -0.39 is 0 Å². The van der Waals surface area contributed by atoms with Crippen LogP contribution in [0.3, 0.4) is 0 Å². The van der Waals surface area contributed by atoms with Crippen molar-refractivity contribution in [1.82, 2.24) is 4.98 Å². The Hall–Kier alpha value is -1.55. The van der Waals surface area contributed by atoms with Crippen LogP contribution in [-0.2, 0) is 6.54 Å². The average Bonchev–Trinajstić information content (AvgIpc) is 2.80. The Morgan fingerprint density at radius 2 is 2.06 bits per heavy atom. The van der Waals surface area contributed by atoms with Crippen molar-refractivity contribution in [3.05, 3.63) is 40.8 Å². The van der Waals surface area contributed by atoms with E-state index in [9.17, 15) is 0 Å². The summed E-state index contributed by atoms with van der Waals surface area (Å²) in [5.41, 5.74) is 7.66. The van der Waals surface area contributed by atoms with Crippen LogP contribution in [0.1, 0.15) is 11.9 Å². The molecule has 0 atom stereocenters. The molecule has 0 saturated heterocycles. The van der Waals surface area contributed by atoms with Gasteiger partial charge in [0.1, 0.15) is 5.01 Å². The standard InChI is InChI=1S/C12H15N3S/c1-2-15(9-12-14-7-8-16-12)11-5-3-10(13)4-6-11/h3-8H,2,9,13H2,1H3. The van der Waals surface area contributed by atoms with Crippen molar-refractivity contribution < 1.29 is 0 Å². The molecule has 0 amide bonds. The maximum Gasteiger partial charge on any atom is 0.112 e. The van der Waals surface area contributed by atoms with Crippen LogP contribution >= 0.6 is 11.3 Å². The fraction of sp³-hybridized carbons (Fsp3) is 0.250. The predicted octanol–water partition coefficient (Wildman–Crippen LogP) is 2.75. The van der Waals surface area contributed by atoms with Crippen molar-refractivity contribution in [1.29, 1.82) is 0 Å². The van der Waals surface area contributed by atoms with Crippen molar-refractivity contribution in [3.8, 4) is 0 Å². The number of nitrogens with zero attached hydrogens (tertiary/aromatic N) is 2. The van der Waals surface area contributed by atoms with Crippen LogP contribution in [0.2, 0.25) is 0 Å². The molecule has 0 aliphatic heterocycles. The Bertz CT molecular complexity index is 422. The van der Waals surface area contributed by atoms with Gasteiger partial charge in [-0.25, -0.2) is 4.98 Å². The molecule has 0 radical (unpaired) electrons. The first-order valence-corrected chi connectivity index (χ1v) is 6.16. The molecule has 2 N–H and O–H groups in total. The fourth-order valence-electron chi connectivity index (χ4n) is 1.57. The van der Waals surface area contributed by atoms with E-state index in [1.54, 1.807) is 11.3 Å². The van der Waals surface area contributed by atoms with Gasteiger partial charge in [0.2, 0.25) is 0 Å². The topological polar surface area (TPSA) is 42.2 Å². The highest BCUT2D eigenvalue weighted by atomic mass is 32.1. The van der Waals surface area contributed by atoms with E-state index in [1.807, 2.05) is 35.8 Å². The summed E-state index contributed by atoms with van der Waals surface area (Å²) in [5.74, 6) is 0. The van der Waals surface area contributed by atoms with Crippen LogP contribution in [0, 0.1) is 0 Å². The summed E-state index contributed by atoms with van der Waals surface area (Å²) in [5, 5.41) is 3.14. The van der Waals surface area contributed by atoms with E-state index >= 15 is 0 Å². The minimum absolute atomic E-state index is 0.800. The van der Waals surface area contributed by atoms with Gasteiger partial charge in [-0.2, -0.15) is 0 Å². The number of benzene rings is 1. The third-order valence-electron chi connectivity index (χ3n) is 2.45. The molecule has 0 unspecified atom stereocenters. The lowest BCUT2D eigenvalue weighted by Crippen LogP contribution is -2.21. The van der Waals surface area contributed by atoms with E-state index in [-0.39, 0.29) is 0 Å². The summed E-state index contributed by atoms with van der Waals surface area (Å²) in [7, 11) is 0. The molecule has 1 aromatic heterocycles. The van der Waals surface area contributed by atoms with Gasteiger partial charge >= 0.3 is 0 Å². The lowest BCUT2D eigenvalue weighted by Gasteiger charge is -2.21. The van der Waals surface area contributed by atoms with Gasteiger partial charge < -0.3 is 10.6 Å². The van der Waals surface area contributed by atoms with E-state index in [2.05, 4.69) is 16.8 Å². The van der Waals surface area contributed by atoms with Gasteiger partial charge in [-0.1, -0.05) is 0 Å². The maximum atomic E-state index is 5.68. The summed E-state index contributed by atoms with van der Waals surface area (Å²) in [6.45, 7) is 3.96. The molecule has 1 aromatic carbocycles. The molecule has 0 fully saturated rings. The average molecular weight is 233 g/mol. The normalized spacial score (nSPS) is 10.3. The van der Waals surface area contributed by atoms with Gasteiger partial charge in [-0.05, 0) is 31.2 Å². The third kappa shape index (κ3) is 2.52. The summed E-state index contributed by atoms with van der Waals surface area (Å²) in [6.07, 6.45) is 1.84. The largest absolute Gasteiger partial charge is 0.399 e. The van der Waals surface area contributed by atoms with E-state index in [0.717, 1.165) is 23.8 Å². The Morgan fingerprint density at radius 1 is 1.31 bits per heavy atom. The van der Waals surface area contributed by atoms with Gasteiger partial charge in [0.05, 0.1) is 6.54 Å². The molecule has 4 heteroatoms. The molecule has 3 nitrogen and oxygen atoms in total. The van der Waals surface area contributed by atoms with Gasteiger partial charge in [0.25, 0.3) is 0 Å². The Labute approximate surface area is 99.5 Å². The quantitative estimate of drug-likeness (QED) is 0.826. The van der Waals surface area contributed by atoms with E-state index in [1.165, 1.54) is 5.69 Å². The molecule has 0 saturated carbocycles. The minimum Gasteiger partial charge on any atom is -0.399 e. The molecule has 0 aliphatic rings. The number of nitrogens with two attached hydrogens (primary N) is 1. The lowest BCUT2D eigenvalue weighted by atomic mass is 10.2. The van der Waals surface area contributed by atoms with Gasteiger partial charge in [-0.15, -0.1) is 11.3 Å². The Balaban J connectivity index is 2.13. The molecule has 0 aliphatic carbocycles. The van der Waals surface area contributed by atoms with Crippen LogP contribution in [-0.4, -0.2) is 11.5 Å². The zero-order chi connectivity index (χ0) is 11.4. The molecule has 2 rings (SSSR count). The van der Waals surface area contributed by atoms with Crippen LogP contribution < -0.4 is 10.6 Å². The first kappa shape index (κ1) is 11.0. The molecule has 0 bridgehead atoms. The predicted molar refractivity (Wildman–Crippen MR) is 69.7 cm³/mol. The smallest absolute Gasteiger partial charge is 0.112 e. The van der Waals surface area contributed by atoms with Crippen LogP contribution in [0.5, 0.6) is 0 Å². The van der Waals surface area contributed by atoms with Crippen LogP contribution in [0.4, 0.5) is 11.4 Å². The molecule has 16 heavy (non-hydrogen) atoms.